The van der Waals surface area contributed by atoms with E-state index >= 15 is 0 Å². The van der Waals surface area contributed by atoms with Crippen molar-refractivity contribution in [1.29, 1.82) is 0 Å². The maximum Gasteiger partial charge on any atom is 0.514 e. The molecule has 1 aliphatic rings. The van der Waals surface area contributed by atoms with E-state index in [4.69, 9.17) is 42.6 Å². The molecule has 0 saturated carbocycles. The molecule has 1 saturated heterocycles. The Hall–Kier alpha value is -4.36. The lowest BCUT2D eigenvalue weighted by Crippen LogP contribution is -3.66. The van der Waals surface area contributed by atoms with Crippen molar-refractivity contribution in [2.24, 2.45) is 0 Å². The molecule has 1 heterocycles. The normalized spacial score (nSPS) is 15.4. The summed E-state index contributed by atoms with van der Waals surface area (Å²) in [6.45, 7) is 22.9. The van der Waals surface area contributed by atoms with Crippen LogP contribution in [0.25, 0.3) is 0 Å². The topological polar surface area (TPSA) is 206 Å². The second-order valence-electron chi connectivity index (χ2n) is 16.5. The van der Waals surface area contributed by atoms with E-state index in [0.29, 0.717) is 4.90 Å². The molecule has 0 spiro atoms. The van der Waals surface area contributed by atoms with Crippen molar-refractivity contribution in [2.75, 3.05) is 6.61 Å². The molecule has 1 atom stereocenters. The molecule has 2 amide bonds. The summed E-state index contributed by atoms with van der Waals surface area (Å²) in [5.41, 5.74) is -4.27. The van der Waals surface area contributed by atoms with Crippen LogP contribution in [0.2, 0.25) is 0 Å². The molecule has 1 aromatic carbocycles. The minimum Gasteiger partial charge on any atom is -0.464 e. The molecule has 1 aliphatic heterocycles. The number of amides is 2. The summed E-state index contributed by atoms with van der Waals surface area (Å²) >= 11 is -1.88. The van der Waals surface area contributed by atoms with E-state index in [9.17, 15) is 33.6 Å². The molecule has 2 rings (SSSR count). The Morgan fingerprint density at radius 2 is 1.11 bits per heavy atom. The molecule has 17 nitrogen and oxygen atoms in total. The Kier molecular flexibility index (Phi) is 15.0. The standard InChI is InChI=1S/C37H53INO16/c1-16-47-26(40)22(39(29(43)52-33(2,3)4)30(44)53-34(5,6)7)17-20-18-23(48-31(45)54-35(8,9)10)24(49-32(46)55-36(11,12)13)19-21(20)38-25-27(41)50-37(14,15)51-28(25)42/h18-19,22,25H,16-17H2,1-15H3/q+1/t22-/m0/s1. The van der Waals surface area contributed by atoms with Crippen LogP contribution in [0, 0.1) is 3.57 Å². The van der Waals surface area contributed by atoms with E-state index in [1.165, 1.54) is 32.9 Å². The molecule has 18 heteroatoms. The van der Waals surface area contributed by atoms with Gasteiger partial charge in [0.15, 0.2) is 15.1 Å². The first-order valence-electron chi connectivity index (χ1n) is 17.3. The lowest BCUT2D eigenvalue weighted by molar-refractivity contribution is -0.644. The van der Waals surface area contributed by atoms with Gasteiger partial charge in [-0.15, -0.1) is 0 Å². The average molecular weight is 895 g/mol. The van der Waals surface area contributed by atoms with Crippen molar-refractivity contribution in [1.82, 2.24) is 4.90 Å². The highest BCUT2D eigenvalue weighted by atomic mass is 127. The highest BCUT2D eigenvalue weighted by molar-refractivity contribution is 5.99. The number of rotatable bonds is 9. The molecule has 0 N–H and O–H groups in total. The van der Waals surface area contributed by atoms with Gasteiger partial charge in [0.05, 0.1) is 6.61 Å². The third kappa shape index (κ3) is 15.7. The smallest absolute Gasteiger partial charge is 0.464 e. The van der Waals surface area contributed by atoms with Gasteiger partial charge >= 0.3 is 67.5 Å². The number of esters is 3. The van der Waals surface area contributed by atoms with E-state index in [2.05, 4.69) is 0 Å². The van der Waals surface area contributed by atoms with E-state index < -0.39 is 120 Å². The van der Waals surface area contributed by atoms with E-state index in [1.807, 2.05) is 0 Å². The lowest BCUT2D eigenvalue weighted by atomic mass is 10.0. The molecule has 0 aromatic heterocycles. The third-order valence-electron chi connectivity index (χ3n) is 6.08. The molecule has 1 fully saturated rings. The average Bonchev–Trinajstić information content (AvgIpc) is 2.92. The van der Waals surface area contributed by atoms with Crippen LogP contribution in [0.5, 0.6) is 11.5 Å². The second-order valence-corrected chi connectivity index (χ2v) is 19.6. The first-order chi connectivity index (χ1) is 24.8. The number of imide groups is 1. The largest absolute Gasteiger partial charge is 0.514 e. The summed E-state index contributed by atoms with van der Waals surface area (Å²) in [4.78, 5) is 94.0. The highest BCUT2D eigenvalue weighted by Gasteiger charge is 2.53. The van der Waals surface area contributed by atoms with Gasteiger partial charge in [-0.05, 0) is 96.1 Å². The maximum atomic E-state index is 13.8. The van der Waals surface area contributed by atoms with Crippen LogP contribution in [0.4, 0.5) is 19.2 Å². The van der Waals surface area contributed by atoms with Crippen LogP contribution in [0.1, 0.15) is 109 Å². The SMILES string of the molecule is CCOC(=O)[C@H](Cc1cc(OC(=O)OC(C)(C)C)c(OC(=O)OC(C)(C)C)cc1[I+]C1C(=O)OC(C)(C)OC1=O)N(C(=O)OC(C)(C)C)C(=O)OC(C)(C)C. The lowest BCUT2D eigenvalue weighted by Gasteiger charge is -2.32. The molecule has 0 unspecified atom stereocenters. The van der Waals surface area contributed by atoms with Gasteiger partial charge in [-0.1, -0.05) is 0 Å². The van der Waals surface area contributed by atoms with Gasteiger partial charge in [-0.2, -0.15) is 4.90 Å². The summed E-state index contributed by atoms with van der Waals surface area (Å²) in [7, 11) is 0. The van der Waals surface area contributed by atoms with Crippen LogP contribution >= 0.6 is 0 Å². The molecule has 0 aliphatic carbocycles. The third-order valence-corrected chi connectivity index (χ3v) is 9.39. The fourth-order valence-electron chi connectivity index (χ4n) is 4.31. The number of ether oxygens (including phenoxy) is 9. The van der Waals surface area contributed by atoms with Gasteiger partial charge in [-0.3, -0.25) is 0 Å². The molecule has 308 valence electrons. The number of hydrogen-bond acceptors (Lipinski definition) is 16. The van der Waals surface area contributed by atoms with E-state index in [0.717, 1.165) is 0 Å². The first kappa shape index (κ1) is 46.8. The minimum atomic E-state index is -1.88. The fourth-order valence-corrected chi connectivity index (χ4v) is 6.98. The number of nitrogens with zero attached hydrogens (tertiary/aromatic N) is 1. The zero-order chi connectivity index (χ0) is 42.5. The number of hydrogen-bond donors (Lipinski definition) is 0. The Bertz CT molecular complexity index is 1590. The van der Waals surface area contributed by atoms with E-state index in [-0.39, 0.29) is 15.7 Å². The summed E-state index contributed by atoms with van der Waals surface area (Å²) < 4.78 is 47.3. The van der Waals surface area contributed by atoms with Crippen molar-refractivity contribution in [2.45, 2.75) is 148 Å². The number of carbonyl (C=O) groups is 7. The predicted molar refractivity (Wildman–Crippen MR) is 187 cm³/mol. The van der Waals surface area contributed by atoms with Gasteiger partial charge < -0.3 is 42.6 Å². The molecular formula is C37H53INO16+. The summed E-state index contributed by atoms with van der Waals surface area (Å²) in [6, 6.07) is 0.583. The van der Waals surface area contributed by atoms with Crippen molar-refractivity contribution < 1.29 is 97.4 Å². The Balaban J connectivity index is 2.96. The molecule has 55 heavy (non-hydrogen) atoms. The van der Waals surface area contributed by atoms with Gasteiger partial charge in [0.2, 0.25) is 0 Å². The molecule has 1 aromatic rings. The second kappa shape index (κ2) is 17.6. The van der Waals surface area contributed by atoms with Crippen LogP contribution in [0.3, 0.4) is 0 Å². The number of benzene rings is 1. The predicted octanol–water partition coefficient (Wildman–Crippen LogP) is 3.42. The molecule has 0 radical (unpaired) electrons. The Morgan fingerprint density at radius 1 is 0.709 bits per heavy atom. The minimum absolute atomic E-state index is 0.0449. The van der Waals surface area contributed by atoms with Crippen LogP contribution in [-0.2, 0) is 54.0 Å². The highest BCUT2D eigenvalue weighted by Crippen LogP contribution is 2.32. The van der Waals surface area contributed by atoms with Crippen LogP contribution in [-0.4, -0.2) is 92.1 Å². The molecule has 0 bridgehead atoms. The molecular weight excluding hydrogens is 841 g/mol. The van der Waals surface area contributed by atoms with Crippen molar-refractivity contribution in [3.05, 3.63) is 21.3 Å². The van der Waals surface area contributed by atoms with Gasteiger partial charge in [-0.25, -0.2) is 33.6 Å². The van der Waals surface area contributed by atoms with Crippen molar-refractivity contribution in [3.63, 3.8) is 0 Å². The number of alkyl halides is 1. The summed E-state index contributed by atoms with van der Waals surface area (Å²) in [5, 5.41) is 0. The zero-order valence-corrected chi connectivity index (χ0v) is 36.2. The van der Waals surface area contributed by atoms with Crippen molar-refractivity contribution >= 4 is 42.4 Å². The first-order valence-corrected chi connectivity index (χ1v) is 19.6. The summed E-state index contributed by atoms with van der Waals surface area (Å²) in [5.74, 6) is -5.26. The monoisotopic (exact) mass is 894 g/mol. The van der Waals surface area contributed by atoms with Gasteiger partial charge in [0.1, 0.15) is 28.4 Å². The number of carbonyl (C=O) groups excluding carboxylic acids is 7. The van der Waals surface area contributed by atoms with Crippen molar-refractivity contribution in [3.8, 4) is 11.5 Å². The number of cyclic esters (lactones) is 2. The van der Waals surface area contributed by atoms with E-state index in [1.54, 1.807) is 83.1 Å². The van der Waals surface area contributed by atoms with Gasteiger partial charge in [0, 0.05) is 31.9 Å². The van der Waals surface area contributed by atoms with Crippen LogP contribution < -0.4 is 30.7 Å². The maximum absolute atomic E-state index is 13.8. The van der Waals surface area contributed by atoms with Crippen LogP contribution in [0.15, 0.2) is 12.1 Å². The zero-order valence-electron chi connectivity index (χ0n) is 34.1. The fraction of sp³-hybridized carbons (Fsp3) is 0.649. The Morgan fingerprint density at radius 3 is 1.49 bits per heavy atom. The quantitative estimate of drug-likeness (QED) is 0.0870. The Labute approximate surface area is 331 Å². The van der Waals surface area contributed by atoms with Gasteiger partial charge in [0.25, 0.3) is 5.79 Å². The summed E-state index contributed by atoms with van der Waals surface area (Å²) in [6.07, 6.45) is -5.52. The number of halogens is 1.